The molecule has 0 unspecified atom stereocenters. The minimum absolute atomic E-state index is 0.209. The van der Waals surface area contributed by atoms with Crippen LogP contribution >= 0.6 is 0 Å². The summed E-state index contributed by atoms with van der Waals surface area (Å²) in [6.45, 7) is 4.15. The van der Waals surface area contributed by atoms with E-state index in [0.717, 1.165) is 5.56 Å². The number of ether oxygens (including phenoxy) is 1. The molecule has 0 saturated heterocycles. The summed E-state index contributed by atoms with van der Waals surface area (Å²) in [5, 5.41) is 11.9. The minimum atomic E-state index is -0.849. The van der Waals surface area contributed by atoms with E-state index in [1.165, 1.54) is 0 Å². The first kappa shape index (κ1) is 13.5. The summed E-state index contributed by atoms with van der Waals surface area (Å²) in [6.07, 6.45) is -0.930. The standard InChI is InChI=1S/C13H19NO3/c1-10(2)8-12(15)14-13(16)17-9-11-6-4-3-5-7-11/h3-7,10,12,15H,8-9H2,1-2H3,(H,14,16)/t12-/m0/s1. The van der Waals surface area contributed by atoms with E-state index in [9.17, 15) is 9.90 Å². The number of carbonyl (C=O) groups is 1. The molecule has 4 nitrogen and oxygen atoms in total. The molecular weight excluding hydrogens is 218 g/mol. The van der Waals surface area contributed by atoms with Gasteiger partial charge in [0.15, 0.2) is 0 Å². The van der Waals surface area contributed by atoms with E-state index < -0.39 is 12.3 Å². The van der Waals surface area contributed by atoms with E-state index in [-0.39, 0.29) is 6.61 Å². The van der Waals surface area contributed by atoms with Crippen molar-refractivity contribution in [3.8, 4) is 0 Å². The summed E-state index contributed by atoms with van der Waals surface area (Å²) in [5.41, 5.74) is 0.918. The Balaban J connectivity index is 2.26. The Morgan fingerprint density at radius 3 is 2.59 bits per heavy atom. The molecule has 94 valence electrons. The maximum Gasteiger partial charge on any atom is 0.409 e. The van der Waals surface area contributed by atoms with Crippen LogP contribution in [-0.2, 0) is 11.3 Å². The minimum Gasteiger partial charge on any atom is -0.445 e. The predicted molar refractivity (Wildman–Crippen MR) is 65.2 cm³/mol. The lowest BCUT2D eigenvalue weighted by atomic mass is 10.1. The molecule has 4 heteroatoms. The SMILES string of the molecule is CC(C)C[C@H](O)NC(=O)OCc1ccccc1. The van der Waals surface area contributed by atoms with Gasteiger partial charge in [-0.15, -0.1) is 0 Å². The summed E-state index contributed by atoms with van der Waals surface area (Å²) in [7, 11) is 0. The second-order valence-corrected chi connectivity index (χ2v) is 4.35. The predicted octanol–water partition coefficient (Wildman–Crippen LogP) is 2.28. The Morgan fingerprint density at radius 2 is 2.00 bits per heavy atom. The number of alkyl carbamates (subject to hydrolysis) is 1. The molecule has 0 aliphatic heterocycles. The summed E-state index contributed by atoms with van der Waals surface area (Å²) in [4.78, 5) is 11.3. The number of amides is 1. The van der Waals surface area contributed by atoms with Gasteiger partial charge in [0.1, 0.15) is 12.8 Å². The van der Waals surface area contributed by atoms with E-state index in [4.69, 9.17) is 4.74 Å². The molecular formula is C13H19NO3. The molecule has 0 bridgehead atoms. The van der Waals surface area contributed by atoms with Crippen LogP contribution in [0, 0.1) is 5.92 Å². The maximum absolute atomic E-state index is 11.3. The van der Waals surface area contributed by atoms with Gasteiger partial charge < -0.3 is 9.84 Å². The largest absolute Gasteiger partial charge is 0.445 e. The van der Waals surface area contributed by atoms with Gasteiger partial charge in [-0.05, 0) is 17.9 Å². The van der Waals surface area contributed by atoms with Gasteiger partial charge in [0.2, 0.25) is 0 Å². The molecule has 0 spiro atoms. The second kappa shape index (κ2) is 6.91. The van der Waals surface area contributed by atoms with Crippen LogP contribution in [0.25, 0.3) is 0 Å². The van der Waals surface area contributed by atoms with Crippen LogP contribution in [0.15, 0.2) is 30.3 Å². The van der Waals surface area contributed by atoms with Gasteiger partial charge in [-0.2, -0.15) is 0 Å². The average Bonchev–Trinajstić information content (AvgIpc) is 2.26. The molecule has 0 fully saturated rings. The molecule has 0 aliphatic rings. The number of hydrogen-bond acceptors (Lipinski definition) is 3. The summed E-state index contributed by atoms with van der Waals surface area (Å²) in [6, 6.07) is 9.40. The van der Waals surface area contributed by atoms with Gasteiger partial charge >= 0.3 is 6.09 Å². The zero-order valence-electron chi connectivity index (χ0n) is 10.2. The van der Waals surface area contributed by atoms with Crippen molar-refractivity contribution in [2.24, 2.45) is 5.92 Å². The lowest BCUT2D eigenvalue weighted by Gasteiger charge is -2.14. The Kier molecular flexibility index (Phi) is 5.49. The molecule has 1 atom stereocenters. The molecule has 1 rings (SSSR count). The quantitative estimate of drug-likeness (QED) is 0.772. The van der Waals surface area contributed by atoms with Crippen molar-refractivity contribution in [2.75, 3.05) is 0 Å². The molecule has 17 heavy (non-hydrogen) atoms. The number of benzene rings is 1. The van der Waals surface area contributed by atoms with Gasteiger partial charge in [-0.1, -0.05) is 44.2 Å². The highest BCUT2D eigenvalue weighted by molar-refractivity contribution is 5.67. The number of carbonyl (C=O) groups excluding carboxylic acids is 1. The molecule has 2 N–H and O–H groups in total. The number of aliphatic hydroxyl groups excluding tert-OH is 1. The van der Waals surface area contributed by atoms with Crippen molar-refractivity contribution < 1.29 is 14.6 Å². The van der Waals surface area contributed by atoms with Gasteiger partial charge in [-0.25, -0.2) is 4.79 Å². The third-order valence-corrected chi connectivity index (χ3v) is 2.19. The third-order valence-electron chi connectivity index (χ3n) is 2.19. The van der Waals surface area contributed by atoms with Crippen LogP contribution in [0.4, 0.5) is 4.79 Å². The van der Waals surface area contributed by atoms with Crippen molar-refractivity contribution in [1.29, 1.82) is 0 Å². The maximum atomic E-state index is 11.3. The first-order valence-corrected chi connectivity index (χ1v) is 5.73. The Bertz CT molecular complexity index is 338. The smallest absolute Gasteiger partial charge is 0.409 e. The van der Waals surface area contributed by atoms with Gasteiger partial charge in [0.05, 0.1) is 0 Å². The van der Waals surface area contributed by atoms with Crippen molar-refractivity contribution >= 4 is 6.09 Å². The van der Waals surface area contributed by atoms with Gasteiger partial charge in [0.25, 0.3) is 0 Å². The van der Waals surface area contributed by atoms with Gasteiger partial charge in [0, 0.05) is 0 Å². The summed E-state index contributed by atoms with van der Waals surface area (Å²) < 4.78 is 4.97. The monoisotopic (exact) mass is 237 g/mol. The Hall–Kier alpha value is -1.55. The molecule has 0 aliphatic carbocycles. The van der Waals surface area contributed by atoms with E-state index in [0.29, 0.717) is 12.3 Å². The van der Waals surface area contributed by atoms with Crippen LogP contribution < -0.4 is 5.32 Å². The van der Waals surface area contributed by atoms with Crippen LogP contribution in [-0.4, -0.2) is 17.4 Å². The third kappa shape index (κ3) is 5.92. The highest BCUT2D eigenvalue weighted by atomic mass is 16.6. The van der Waals surface area contributed by atoms with Crippen LogP contribution in [0.1, 0.15) is 25.8 Å². The van der Waals surface area contributed by atoms with Crippen molar-refractivity contribution in [2.45, 2.75) is 33.1 Å². The fourth-order valence-corrected chi connectivity index (χ4v) is 1.41. The number of nitrogens with one attached hydrogen (secondary N) is 1. The van der Waals surface area contributed by atoms with Crippen LogP contribution in [0.2, 0.25) is 0 Å². The van der Waals surface area contributed by atoms with Crippen molar-refractivity contribution in [1.82, 2.24) is 5.32 Å². The first-order valence-electron chi connectivity index (χ1n) is 5.73. The molecule has 1 aromatic rings. The molecule has 1 amide bonds. The van der Waals surface area contributed by atoms with E-state index in [1.54, 1.807) is 0 Å². The highest BCUT2D eigenvalue weighted by Gasteiger charge is 2.11. The fraction of sp³-hybridized carbons (Fsp3) is 0.462. The summed E-state index contributed by atoms with van der Waals surface area (Å²) in [5.74, 6) is 0.319. The fourth-order valence-electron chi connectivity index (χ4n) is 1.41. The molecule has 0 heterocycles. The van der Waals surface area contributed by atoms with E-state index in [1.807, 2.05) is 44.2 Å². The Labute approximate surface area is 102 Å². The van der Waals surface area contributed by atoms with E-state index >= 15 is 0 Å². The normalized spacial score (nSPS) is 12.2. The lowest BCUT2D eigenvalue weighted by Crippen LogP contribution is -2.35. The second-order valence-electron chi connectivity index (χ2n) is 4.35. The van der Waals surface area contributed by atoms with Crippen molar-refractivity contribution in [3.63, 3.8) is 0 Å². The summed E-state index contributed by atoms with van der Waals surface area (Å²) >= 11 is 0. The topological polar surface area (TPSA) is 58.6 Å². The van der Waals surface area contributed by atoms with Crippen LogP contribution in [0.5, 0.6) is 0 Å². The van der Waals surface area contributed by atoms with Crippen molar-refractivity contribution in [3.05, 3.63) is 35.9 Å². The number of rotatable bonds is 5. The molecule has 0 saturated carbocycles. The van der Waals surface area contributed by atoms with Gasteiger partial charge in [-0.3, -0.25) is 5.32 Å². The zero-order valence-corrected chi connectivity index (χ0v) is 10.2. The number of aliphatic hydroxyl groups is 1. The first-order chi connectivity index (χ1) is 8.08. The average molecular weight is 237 g/mol. The zero-order chi connectivity index (χ0) is 12.7. The molecule has 0 aromatic heterocycles. The molecule has 0 radical (unpaired) electrons. The van der Waals surface area contributed by atoms with Crippen LogP contribution in [0.3, 0.4) is 0 Å². The van der Waals surface area contributed by atoms with E-state index in [2.05, 4.69) is 5.32 Å². The number of hydrogen-bond donors (Lipinski definition) is 2. The lowest BCUT2D eigenvalue weighted by molar-refractivity contribution is 0.0838. The highest BCUT2D eigenvalue weighted by Crippen LogP contribution is 2.03. The Morgan fingerprint density at radius 1 is 1.35 bits per heavy atom. The molecule has 1 aromatic carbocycles.